The fraction of sp³-hybridized carbons (Fsp3) is 0.375. The summed E-state index contributed by atoms with van der Waals surface area (Å²) in [4.78, 5) is 5.00. The molecule has 0 aliphatic rings. The zero-order chi connectivity index (χ0) is 8.97. The Morgan fingerprint density at radius 3 is 2.83 bits per heavy atom. The molecule has 0 unspecified atom stereocenters. The molecule has 1 aromatic heterocycles. The number of anilines is 1. The van der Waals surface area contributed by atoms with E-state index in [4.69, 9.17) is 11.5 Å². The van der Waals surface area contributed by atoms with Gasteiger partial charge in [-0.05, 0) is 6.92 Å². The predicted octanol–water partition coefficient (Wildman–Crippen LogP) is 0.734. The second-order valence-corrected chi connectivity index (χ2v) is 3.34. The maximum atomic E-state index is 5.50. The summed E-state index contributed by atoms with van der Waals surface area (Å²) in [5.74, 6) is 5.93. The lowest BCUT2D eigenvalue weighted by Gasteiger charge is -1.81. The molecule has 0 fully saturated rings. The number of aryl methyl sites for hydroxylation is 1. The van der Waals surface area contributed by atoms with Crippen molar-refractivity contribution in [2.24, 2.45) is 5.73 Å². The van der Waals surface area contributed by atoms with Crippen molar-refractivity contribution in [2.75, 3.05) is 12.3 Å². The van der Waals surface area contributed by atoms with Gasteiger partial charge in [0.05, 0.1) is 5.69 Å². The van der Waals surface area contributed by atoms with Crippen LogP contribution in [-0.2, 0) is 0 Å². The zero-order valence-electron chi connectivity index (χ0n) is 6.92. The lowest BCUT2D eigenvalue weighted by molar-refractivity contribution is 1.03. The number of thiazole rings is 1. The van der Waals surface area contributed by atoms with Gasteiger partial charge in [0, 0.05) is 13.0 Å². The molecular weight excluding hydrogens is 170 g/mol. The molecule has 0 saturated carbocycles. The maximum absolute atomic E-state index is 5.50. The second kappa shape index (κ2) is 4.10. The fourth-order valence-electron chi connectivity index (χ4n) is 0.748. The van der Waals surface area contributed by atoms with Gasteiger partial charge in [-0.3, -0.25) is 0 Å². The topological polar surface area (TPSA) is 64.9 Å². The summed E-state index contributed by atoms with van der Waals surface area (Å²) in [6.45, 7) is 2.50. The minimum atomic E-state index is 0.574. The van der Waals surface area contributed by atoms with Crippen LogP contribution in [-0.4, -0.2) is 11.5 Å². The summed E-state index contributed by atoms with van der Waals surface area (Å²) in [5, 5.41) is 0.574. The van der Waals surface area contributed by atoms with Gasteiger partial charge in [-0.25, -0.2) is 4.98 Å². The number of hydrogen-bond donors (Lipinski definition) is 2. The number of nitrogens with zero attached hydrogens (tertiary/aromatic N) is 1. The van der Waals surface area contributed by atoms with E-state index in [0.29, 0.717) is 11.7 Å². The van der Waals surface area contributed by atoms with E-state index >= 15 is 0 Å². The number of hydrogen-bond acceptors (Lipinski definition) is 4. The van der Waals surface area contributed by atoms with Crippen molar-refractivity contribution < 1.29 is 0 Å². The Hall–Kier alpha value is -1.05. The van der Waals surface area contributed by atoms with E-state index in [1.54, 1.807) is 0 Å². The van der Waals surface area contributed by atoms with Gasteiger partial charge >= 0.3 is 0 Å². The van der Waals surface area contributed by atoms with Crippen LogP contribution in [0.1, 0.15) is 17.0 Å². The first-order valence-electron chi connectivity index (χ1n) is 3.66. The van der Waals surface area contributed by atoms with Crippen molar-refractivity contribution in [3.8, 4) is 11.8 Å². The van der Waals surface area contributed by atoms with Crippen molar-refractivity contribution in [3.63, 3.8) is 0 Å². The molecule has 0 amide bonds. The Morgan fingerprint density at radius 1 is 1.58 bits per heavy atom. The molecule has 0 aromatic carbocycles. The minimum absolute atomic E-state index is 0.574. The zero-order valence-corrected chi connectivity index (χ0v) is 7.74. The largest absolute Gasteiger partial charge is 0.375 e. The molecular formula is C8H11N3S. The highest BCUT2D eigenvalue weighted by Crippen LogP contribution is 2.17. The Labute approximate surface area is 75.8 Å². The standard InChI is InChI=1S/C8H11N3S/c1-6-7(4-2-3-5-9)12-8(10)11-6/h3,5,9H2,1H3,(H2,10,11). The van der Waals surface area contributed by atoms with E-state index in [1.165, 1.54) is 11.3 Å². The maximum Gasteiger partial charge on any atom is 0.181 e. The molecule has 0 bridgehead atoms. The van der Waals surface area contributed by atoms with Crippen LogP contribution in [0, 0.1) is 18.8 Å². The summed E-state index contributed by atoms with van der Waals surface area (Å²) in [7, 11) is 0. The molecule has 1 rings (SSSR count). The first kappa shape index (κ1) is 9.04. The number of nitrogens with two attached hydrogens (primary N) is 2. The van der Waals surface area contributed by atoms with Gasteiger partial charge in [-0.2, -0.15) is 0 Å². The molecule has 1 aromatic rings. The van der Waals surface area contributed by atoms with Crippen LogP contribution in [0.25, 0.3) is 0 Å². The van der Waals surface area contributed by atoms with Gasteiger partial charge in [0.1, 0.15) is 4.88 Å². The lowest BCUT2D eigenvalue weighted by atomic mass is 10.3. The normalized spacial score (nSPS) is 9.17. The highest BCUT2D eigenvalue weighted by molar-refractivity contribution is 7.16. The smallest absolute Gasteiger partial charge is 0.181 e. The van der Waals surface area contributed by atoms with E-state index in [2.05, 4.69) is 16.8 Å². The van der Waals surface area contributed by atoms with Crippen molar-refractivity contribution >= 4 is 16.5 Å². The Kier molecular flexibility index (Phi) is 3.09. The van der Waals surface area contributed by atoms with Gasteiger partial charge in [0.15, 0.2) is 5.13 Å². The highest BCUT2D eigenvalue weighted by atomic mass is 32.1. The molecule has 0 spiro atoms. The number of aromatic nitrogens is 1. The summed E-state index contributed by atoms with van der Waals surface area (Å²) >= 11 is 1.42. The molecule has 64 valence electrons. The lowest BCUT2D eigenvalue weighted by Crippen LogP contribution is -1.95. The van der Waals surface area contributed by atoms with Gasteiger partial charge in [-0.1, -0.05) is 23.2 Å². The van der Waals surface area contributed by atoms with Crippen LogP contribution in [0.2, 0.25) is 0 Å². The molecule has 4 N–H and O–H groups in total. The molecule has 3 nitrogen and oxygen atoms in total. The van der Waals surface area contributed by atoms with Crippen molar-refractivity contribution in [2.45, 2.75) is 13.3 Å². The molecule has 0 aliphatic heterocycles. The molecule has 0 aliphatic carbocycles. The molecule has 12 heavy (non-hydrogen) atoms. The summed E-state index contributed by atoms with van der Waals surface area (Å²) < 4.78 is 0. The summed E-state index contributed by atoms with van der Waals surface area (Å²) in [6, 6.07) is 0. The SMILES string of the molecule is Cc1nc(N)sc1C#CCCN. The van der Waals surface area contributed by atoms with Crippen molar-refractivity contribution in [3.05, 3.63) is 10.6 Å². The highest BCUT2D eigenvalue weighted by Gasteiger charge is 2.00. The molecule has 0 saturated heterocycles. The Balaban J connectivity index is 2.76. The quantitative estimate of drug-likeness (QED) is 0.628. The van der Waals surface area contributed by atoms with Crippen LogP contribution in [0.5, 0.6) is 0 Å². The first-order valence-corrected chi connectivity index (χ1v) is 4.47. The fourth-order valence-corrected chi connectivity index (χ4v) is 1.46. The number of rotatable bonds is 1. The van der Waals surface area contributed by atoms with E-state index in [-0.39, 0.29) is 0 Å². The third-order valence-electron chi connectivity index (χ3n) is 1.28. The van der Waals surface area contributed by atoms with Gasteiger partial charge in [0.2, 0.25) is 0 Å². The monoisotopic (exact) mass is 181 g/mol. The summed E-state index contributed by atoms with van der Waals surface area (Å²) in [5.41, 5.74) is 11.7. The first-order chi connectivity index (χ1) is 5.74. The molecule has 0 radical (unpaired) electrons. The van der Waals surface area contributed by atoms with Gasteiger partial charge in [0.25, 0.3) is 0 Å². The number of nitrogen functional groups attached to an aromatic ring is 1. The molecule has 0 atom stereocenters. The van der Waals surface area contributed by atoms with Gasteiger partial charge in [-0.15, -0.1) is 0 Å². The Morgan fingerprint density at radius 2 is 2.33 bits per heavy atom. The molecule has 4 heteroatoms. The van der Waals surface area contributed by atoms with Gasteiger partial charge < -0.3 is 11.5 Å². The minimum Gasteiger partial charge on any atom is -0.375 e. The average Bonchev–Trinajstić information content (AvgIpc) is 2.31. The van der Waals surface area contributed by atoms with Crippen LogP contribution in [0.4, 0.5) is 5.13 Å². The van der Waals surface area contributed by atoms with E-state index in [0.717, 1.165) is 17.0 Å². The van der Waals surface area contributed by atoms with E-state index in [9.17, 15) is 0 Å². The third kappa shape index (κ3) is 2.22. The summed E-state index contributed by atoms with van der Waals surface area (Å²) in [6.07, 6.45) is 0.719. The second-order valence-electron chi connectivity index (χ2n) is 2.31. The molecule has 1 heterocycles. The average molecular weight is 181 g/mol. The predicted molar refractivity (Wildman–Crippen MR) is 51.8 cm³/mol. The Bertz CT molecular complexity index is 319. The van der Waals surface area contributed by atoms with Crippen molar-refractivity contribution in [1.29, 1.82) is 0 Å². The van der Waals surface area contributed by atoms with Crippen molar-refractivity contribution in [1.82, 2.24) is 4.98 Å². The third-order valence-corrected chi connectivity index (χ3v) is 2.19. The van der Waals surface area contributed by atoms with Crippen LogP contribution in [0.15, 0.2) is 0 Å². The van der Waals surface area contributed by atoms with Crippen LogP contribution < -0.4 is 11.5 Å². The van der Waals surface area contributed by atoms with E-state index < -0.39 is 0 Å². The van der Waals surface area contributed by atoms with Crippen LogP contribution in [0.3, 0.4) is 0 Å². The van der Waals surface area contributed by atoms with Crippen LogP contribution >= 0.6 is 11.3 Å². The van der Waals surface area contributed by atoms with E-state index in [1.807, 2.05) is 6.92 Å².